The van der Waals surface area contributed by atoms with Crippen molar-refractivity contribution in [3.8, 4) is 0 Å². The zero-order chi connectivity index (χ0) is 15.6. The number of hydrogen-bond donors (Lipinski definition) is 2. The van der Waals surface area contributed by atoms with Crippen LogP contribution in [0.15, 0.2) is 0 Å². The molecule has 0 bridgehead atoms. The summed E-state index contributed by atoms with van der Waals surface area (Å²) in [6.45, 7) is 0.167. The number of nitrogens with one attached hydrogen (secondary N) is 1. The molecule has 21 heavy (non-hydrogen) atoms. The average molecular weight is 322 g/mol. The Kier molecular flexibility index (Phi) is 4.60. The Balaban J connectivity index is 2.09. The van der Waals surface area contributed by atoms with Crippen molar-refractivity contribution in [1.82, 2.24) is 9.88 Å². The lowest BCUT2D eigenvalue weighted by molar-refractivity contribution is -0.140. The minimum absolute atomic E-state index is 0.0209. The van der Waals surface area contributed by atoms with Gasteiger partial charge in [-0.1, -0.05) is 11.3 Å². The molecule has 0 spiro atoms. The number of nitrogens with two attached hydrogens (primary N) is 1. The maximum atomic E-state index is 12.5. The zero-order valence-electron chi connectivity index (χ0n) is 11.5. The van der Waals surface area contributed by atoms with Gasteiger partial charge in [0.05, 0.1) is 0 Å². The number of nitrogens with zero attached hydrogens (tertiary/aromatic N) is 2. The summed E-state index contributed by atoms with van der Waals surface area (Å²) in [6, 6.07) is 0.316. The van der Waals surface area contributed by atoms with Gasteiger partial charge in [-0.25, -0.2) is 4.98 Å². The van der Waals surface area contributed by atoms with E-state index in [1.807, 2.05) is 0 Å². The molecule has 1 fully saturated rings. The van der Waals surface area contributed by atoms with E-state index >= 15 is 0 Å². The highest BCUT2D eigenvalue weighted by molar-refractivity contribution is 7.18. The van der Waals surface area contributed by atoms with E-state index in [0.29, 0.717) is 11.2 Å². The van der Waals surface area contributed by atoms with Crippen LogP contribution < -0.4 is 11.1 Å². The molecule has 1 aromatic heterocycles. The molecule has 118 valence electrons. The summed E-state index contributed by atoms with van der Waals surface area (Å²) in [5.74, 6) is -0.751. The lowest BCUT2D eigenvalue weighted by Gasteiger charge is -2.25. The number of thiazole rings is 1. The molecule has 9 heteroatoms. The van der Waals surface area contributed by atoms with E-state index in [-0.39, 0.29) is 17.2 Å². The smallest absolute Gasteiger partial charge is 0.382 e. The number of aromatic nitrogens is 1. The molecule has 1 aliphatic carbocycles. The summed E-state index contributed by atoms with van der Waals surface area (Å²) < 4.78 is 37.4. The fourth-order valence-electron chi connectivity index (χ4n) is 1.96. The number of carbonyl (C=O) groups excluding carboxylic acids is 1. The van der Waals surface area contributed by atoms with Crippen LogP contribution in [0.5, 0.6) is 0 Å². The summed E-state index contributed by atoms with van der Waals surface area (Å²) in [5, 5.41) is 3.62. The van der Waals surface area contributed by atoms with Crippen molar-refractivity contribution in [3.05, 3.63) is 4.88 Å². The zero-order valence-corrected chi connectivity index (χ0v) is 12.4. The van der Waals surface area contributed by atoms with E-state index in [2.05, 4.69) is 10.3 Å². The van der Waals surface area contributed by atoms with E-state index in [1.165, 1.54) is 6.92 Å². The molecule has 0 atom stereocenters. The normalized spacial score (nSPS) is 15.6. The standard InChI is InChI=1S/C12H17F3N4OS/c1-2-19(6-12(13,14)15)10(20)8-9(16)18-11(21-8)17-7-4-3-5-7/h7H,2-6,16H2,1H3,(H,17,18). The summed E-state index contributed by atoms with van der Waals surface area (Å²) in [6.07, 6.45) is -1.24. The molecule has 0 aliphatic heterocycles. The number of anilines is 2. The van der Waals surface area contributed by atoms with E-state index in [4.69, 9.17) is 5.73 Å². The first kappa shape index (κ1) is 15.9. The molecule has 2 rings (SSSR count). The second-order valence-corrected chi connectivity index (χ2v) is 5.94. The summed E-state index contributed by atoms with van der Waals surface area (Å²) in [4.78, 5) is 16.9. The third-order valence-electron chi connectivity index (χ3n) is 3.32. The Bertz CT molecular complexity index is 513. The van der Waals surface area contributed by atoms with Gasteiger partial charge in [-0.05, 0) is 26.2 Å². The fourth-order valence-corrected chi connectivity index (χ4v) is 2.89. The number of alkyl halides is 3. The molecule has 1 heterocycles. The van der Waals surface area contributed by atoms with Crippen LogP contribution in [0.3, 0.4) is 0 Å². The van der Waals surface area contributed by atoms with Crippen molar-refractivity contribution >= 4 is 28.2 Å². The first-order valence-electron chi connectivity index (χ1n) is 6.69. The van der Waals surface area contributed by atoms with Crippen molar-refractivity contribution in [2.24, 2.45) is 0 Å². The highest BCUT2D eigenvalue weighted by Gasteiger charge is 2.34. The van der Waals surface area contributed by atoms with Crippen LogP contribution in [0.25, 0.3) is 0 Å². The number of nitrogen functional groups attached to an aromatic ring is 1. The molecule has 1 aromatic rings. The van der Waals surface area contributed by atoms with E-state index < -0.39 is 18.6 Å². The minimum Gasteiger partial charge on any atom is -0.382 e. The first-order chi connectivity index (χ1) is 9.80. The Morgan fingerprint density at radius 2 is 2.19 bits per heavy atom. The highest BCUT2D eigenvalue weighted by atomic mass is 32.1. The van der Waals surface area contributed by atoms with Gasteiger partial charge in [-0.15, -0.1) is 0 Å². The van der Waals surface area contributed by atoms with Gasteiger partial charge in [0.25, 0.3) is 5.91 Å². The quantitative estimate of drug-likeness (QED) is 0.874. The molecule has 0 saturated heterocycles. The summed E-state index contributed by atoms with van der Waals surface area (Å²) in [7, 11) is 0. The largest absolute Gasteiger partial charge is 0.406 e. The van der Waals surface area contributed by atoms with Gasteiger partial charge in [0.15, 0.2) is 5.13 Å². The van der Waals surface area contributed by atoms with Crippen LogP contribution in [-0.4, -0.2) is 41.1 Å². The molecule has 1 amide bonds. The van der Waals surface area contributed by atoms with Crippen molar-refractivity contribution in [2.45, 2.75) is 38.4 Å². The Labute approximate surface area is 124 Å². The minimum atomic E-state index is -4.43. The monoisotopic (exact) mass is 322 g/mol. The second kappa shape index (κ2) is 6.08. The molecular formula is C12H17F3N4OS. The second-order valence-electron chi connectivity index (χ2n) is 4.94. The molecule has 0 radical (unpaired) electrons. The number of rotatable bonds is 5. The van der Waals surface area contributed by atoms with Crippen LogP contribution in [0.4, 0.5) is 24.1 Å². The predicted molar refractivity (Wildman–Crippen MR) is 75.4 cm³/mol. The first-order valence-corrected chi connectivity index (χ1v) is 7.50. The number of hydrogen-bond acceptors (Lipinski definition) is 5. The Hall–Kier alpha value is -1.51. The third-order valence-corrected chi connectivity index (χ3v) is 4.31. The third kappa shape index (κ3) is 3.99. The van der Waals surface area contributed by atoms with Crippen LogP contribution >= 0.6 is 11.3 Å². The van der Waals surface area contributed by atoms with Gasteiger partial charge in [0.1, 0.15) is 17.2 Å². The summed E-state index contributed by atoms with van der Waals surface area (Å²) >= 11 is 1.01. The topological polar surface area (TPSA) is 71.2 Å². The molecule has 1 aliphatic rings. The lowest BCUT2D eigenvalue weighted by Crippen LogP contribution is -2.38. The SMILES string of the molecule is CCN(CC(F)(F)F)C(=O)c1sc(NC2CCC2)nc1N. The van der Waals surface area contributed by atoms with Gasteiger partial charge < -0.3 is 16.0 Å². The van der Waals surface area contributed by atoms with Gasteiger partial charge in [-0.3, -0.25) is 4.79 Å². The van der Waals surface area contributed by atoms with E-state index in [1.54, 1.807) is 0 Å². The van der Waals surface area contributed by atoms with E-state index in [0.717, 1.165) is 35.5 Å². The van der Waals surface area contributed by atoms with Gasteiger partial charge >= 0.3 is 6.18 Å². The molecule has 3 N–H and O–H groups in total. The maximum absolute atomic E-state index is 12.5. The Morgan fingerprint density at radius 1 is 1.52 bits per heavy atom. The average Bonchev–Trinajstić information content (AvgIpc) is 2.70. The van der Waals surface area contributed by atoms with Crippen LogP contribution in [0.1, 0.15) is 35.9 Å². The van der Waals surface area contributed by atoms with Crippen LogP contribution in [0.2, 0.25) is 0 Å². The van der Waals surface area contributed by atoms with Gasteiger partial charge in [0, 0.05) is 12.6 Å². The van der Waals surface area contributed by atoms with Crippen molar-refractivity contribution in [3.63, 3.8) is 0 Å². The fraction of sp³-hybridized carbons (Fsp3) is 0.667. The number of carbonyl (C=O) groups is 1. The number of halogens is 3. The van der Waals surface area contributed by atoms with Crippen molar-refractivity contribution < 1.29 is 18.0 Å². The highest BCUT2D eigenvalue weighted by Crippen LogP contribution is 2.30. The Morgan fingerprint density at radius 3 is 2.67 bits per heavy atom. The van der Waals surface area contributed by atoms with Gasteiger partial charge in [0.2, 0.25) is 0 Å². The molecular weight excluding hydrogens is 305 g/mol. The van der Waals surface area contributed by atoms with E-state index in [9.17, 15) is 18.0 Å². The molecule has 0 aromatic carbocycles. The predicted octanol–water partition coefficient (Wildman–Crippen LogP) is 2.71. The van der Waals surface area contributed by atoms with Crippen molar-refractivity contribution in [2.75, 3.05) is 24.1 Å². The number of amides is 1. The molecule has 1 saturated carbocycles. The summed E-state index contributed by atoms with van der Waals surface area (Å²) in [5.41, 5.74) is 5.66. The van der Waals surface area contributed by atoms with Crippen LogP contribution in [-0.2, 0) is 0 Å². The molecule has 5 nitrogen and oxygen atoms in total. The maximum Gasteiger partial charge on any atom is 0.406 e. The van der Waals surface area contributed by atoms with Gasteiger partial charge in [-0.2, -0.15) is 13.2 Å². The molecule has 0 unspecified atom stereocenters. The lowest BCUT2D eigenvalue weighted by atomic mass is 9.93. The van der Waals surface area contributed by atoms with Crippen molar-refractivity contribution in [1.29, 1.82) is 0 Å². The van der Waals surface area contributed by atoms with Crippen LogP contribution in [0, 0.1) is 0 Å².